The van der Waals surface area contributed by atoms with Crippen LogP contribution >= 0.6 is 0 Å². The van der Waals surface area contributed by atoms with E-state index in [1.165, 1.54) is 30.5 Å². The van der Waals surface area contributed by atoms with Crippen molar-refractivity contribution in [1.29, 1.82) is 0 Å². The van der Waals surface area contributed by atoms with E-state index in [1.54, 1.807) is 7.11 Å². The Kier molecular flexibility index (Phi) is 4.06. The Labute approximate surface area is 119 Å². The van der Waals surface area contributed by atoms with Crippen LogP contribution in [0.2, 0.25) is 0 Å². The van der Waals surface area contributed by atoms with E-state index < -0.39 is 0 Å². The molecule has 1 N–H and O–H groups in total. The van der Waals surface area contributed by atoms with Crippen LogP contribution in [0.1, 0.15) is 30.9 Å². The van der Waals surface area contributed by atoms with Crippen molar-refractivity contribution < 1.29 is 13.9 Å². The molecule has 4 heteroatoms. The van der Waals surface area contributed by atoms with Crippen molar-refractivity contribution in [3.63, 3.8) is 0 Å². The molecule has 0 radical (unpaired) electrons. The first kappa shape index (κ1) is 14.0. The summed E-state index contributed by atoms with van der Waals surface area (Å²) in [5.41, 5.74) is 0.965. The average Bonchev–Trinajstić information content (AvgIpc) is 3.19. The molecule has 0 amide bonds. The van der Waals surface area contributed by atoms with Crippen molar-refractivity contribution >= 4 is 0 Å². The summed E-state index contributed by atoms with van der Waals surface area (Å²) in [6, 6.07) is 7.14. The summed E-state index contributed by atoms with van der Waals surface area (Å²) in [6.45, 7) is 2.19. The molecule has 2 unspecified atom stereocenters. The van der Waals surface area contributed by atoms with Gasteiger partial charge in [-0.15, -0.1) is 0 Å². The second-order valence-corrected chi connectivity index (χ2v) is 5.94. The zero-order valence-electron chi connectivity index (χ0n) is 11.9. The summed E-state index contributed by atoms with van der Waals surface area (Å²) in [7, 11) is 1.75. The van der Waals surface area contributed by atoms with Crippen LogP contribution in [0, 0.1) is 11.7 Å². The van der Waals surface area contributed by atoms with Crippen molar-refractivity contribution in [3.05, 3.63) is 35.6 Å². The first-order valence-corrected chi connectivity index (χ1v) is 7.34. The van der Waals surface area contributed by atoms with Gasteiger partial charge >= 0.3 is 0 Å². The smallest absolute Gasteiger partial charge is 0.123 e. The summed E-state index contributed by atoms with van der Waals surface area (Å²) in [5.74, 6) is 0.484. The third kappa shape index (κ3) is 3.03. The van der Waals surface area contributed by atoms with Crippen LogP contribution in [0.3, 0.4) is 0 Å². The molecule has 20 heavy (non-hydrogen) atoms. The summed E-state index contributed by atoms with van der Waals surface area (Å²) >= 11 is 0. The molecule has 1 aliphatic heterocycles. The third-order valence-corrected chi connectivity index (χ3v) is 4.47. The van der Waals surface area contributed by atoms with Crippen LogP contribution in [0.15, 0.2) is 24.3 Å². The Balaban J connectivity index is 1.67. The molecule has 1 aliphatic carbocycles. The lowest BCUT2D eigenvalue weighted by atomic mass is 9.98. The molecule has 1 aromatic rings. The van der Waals surface area contributed by atoms with Crippen molar-refractivity contribution in [1.82, 2.24) is 5.32 Å². The normalized spacial score (nSPS) is 27.7. The number of nitrogens with one attached hydrogen (secondary N) is 1. The molecule has 110 valence electrons. The second-order valence-electron chi connectivity index (χ2n) is 5.94. The van der Waals surface area contributed by atoms with Gasteiger partial charge in [-0.3, -0.25) is 0 Å². The Morgan fingerprint density at radius 1 is 1.40 bits per heavy atom. The second kappa shape index (κ2) is 5.80. The van der Waals surface area contributed by atoms with Crippen molar-refractivity contribution in [3.8, 4) is 0 Å². The number of halogens is 1. The Hall–Kier alpha value is -0.970. The van der Waals surface area contributed by atoms with Gasteiger partial charge in [0.15, 0.2) is 0 Å². The fraction of sp³-hybridized carbons (Fsp3) is 0.625. The number of rotatable bonds is 6. The highest BCUT2D eigenvalue weighted by Crippen LogP contribution is 2.41. The minimum Gasteiger partial charge on any atom is -0.378 e. The lowest BCUT2D eigenvalue weighted by Crippen LogP contribution is -2.44. The van der Waals surface area contributed by atoms with Crippen molar-refractivity contribution in [2.24, 2.45) is 5.92 Å². The highest BCUT2D eigenvalue weighted by molar-refractivity contribution is 5.22. The Bertz CT molecular complexity index is 438. The number of benzene rings is 1. The maximum absolute atomic E-state index is 13.1. The Morgan fingerprint density at radius 2 is 2.15 bits per heavy atom. The SMILES string of the molecule is COC1(CNC(c2ccc(F)cc2)C2CC2)CCOC1. The molecular weight excluding hydrogens is 257 g/mol. The van der Waals surface area contributed by atoms with Gasteiger partial charge in [0.25, 0.3) is 0 Å². The predicted molar refractivity (Wildman–Crippen MR) is 75.0 cm³/mol. The number of methoxy groups -OCH3 is 1. The van der Waals surface area contributed by atoms with Gasteiger partial charge in [-0.2, -0.15) is 0 Å². The number of ether oxygens (including phenoxy) is 2. The minimum absolute atomic E-state index is 0.180. The Morgan fingerprint density at radius 3 is 2.70 bits per heavy atom. The molecule has 3 nitrogen and oxygen atoms in total. The van der Waals surface area contributed by atoms with E-state index in [-0.39, 0.29) is 11.4 Å². The van der Waals surface area contributed by atoms with Crippen LogP contribution in [-0.4, -0.2) is 32.5 Å². The molecular formula is C16H22FNO2. The van der Waals surface area contributed by atoms with Crippen LogP contribution < -0.4 is 5.32 Å². The summed E-state index contributed by atoms with van der Waals surface area (Å²) in [4.78, 5) is 0. The topological polar surface area (TPSA) is 30.5 Å². The minimum atomic E-state index is -0.201. The van der Waals surface area contributed by atoms with Crippen LogP contribution in [0.4, 0.5) is 4.39 Å². The molecule has 2 fully saturated rings. The molecule has 1 aromatic carbocycles. The lowest BCUT2D eigenvalue weighted by molar-refractivity contribution is -0.0179. The van der Waals surface area contributed by atoms with Gasteiger partial charge in [-0.05, 0) is 36.5 Å². The number of hydrogen-bond donors (Lipinski definition) is 1. The fourth-order valence-electron chi connectivity index (χ4n) is 2.91. The summed E-state index contributed by atoms with van der Waals surface area (Å²) in [5, 5.41) is 3.62. The molecule has 1 saturated heterocycles. The highest BCUT2D eigenvalue weighted by Gasteiger charge is 2.38. The monoisotopic (exact) mass is 279 g/mol. The molecule has 3 rings (SSSR count). The standard InChI is InChI=1S/C16H22FNO2/c1-19-16(8-9-20-11-16)10-18-15(12-2-3-12)13-4-6-14(17)7-5-13/h4-7,12,15,18H,2-3,8-11H2,1H3. The van der Waals surface area contributed by atoms with Gasteiger partial charge in [-0.25, -0.2) is 4.39 Å². The quantitative estimate of drug-likeness (QED) is 0.868. The highest BCUT2D eigenvalue weighted by atomic mass is 19.1. The summed E-state index contributed by atoms with van der Waals surface area (Å²) < 4.78 is 24.2. The van der Waals surface area contributed by atoms with E-state index in [9.17, 15) is 4.39 Å². The molecule has 2 aliphatic rings. The van der Waals surface area contributed by atoms with Gasteiger partial charge in [-0.1, -0.05) is 12.1 Å². The first-order chi connectivity index (χ1) is 9.72. The van der Waals surface area contributed by atoms with Gasteiger partial charge in [0.2, 0.25) is 0 Å². The molecule has 0 aromatic heterocycles. The molecule has 0 spiro atoms. The fourth-order valence-corrected chi connectivity index (χ4v) is 2.91. The molecule has 1 saturated carbocycles. The first-order valence-electron chi connectivity index (χ1n) is 7.34. The predicted octanol–water partition coefficient (Wildman–Crippen LogP) is 2.67. The van der Waals surface area contributed by atoms with Crippen LogP contribution in [0.25, 0.3) is 0 Å². The zero-order chi connectivity index (χ0) is 14.0. The summed E-state index contributed by atoms with van der Waals surface area (Å²) in [6.07, 6.45) is 3.41. The van der Waals surface area contributed by atoms with Crippen molar-refractivity contribution in [2.75, 3.05) is 26.9 Å². The average molecular weight is 279 g/mol. The van der Waals surface area contributed by atoms with Gasteiger partial charge in [0, 0.05) is 32.7 Å². The maximum atomic E-state index is 13.1. The van der Waals surface area contributed by atoms with Crippen LogP contribution in [0.5, 0.6) is 0 Å². The number of hydrogen-bond acceptors (Lipinski definition) is 3. The molecule has 1 heterocycles. The lowest BCUT2D eigenvalue weighted by Gasteiger charge is -2.29. The zero-order valence-corrected chi connectivity index (χ0v) is 11.9. The van der Waals surface area contributed by atoms with Crippen LogP contribution in [-0.2, 0) is 9.47 Å². The third-order valence-electron chi connectivity index (χ3n) is 4.47. The van der Waals surface area contributed by atoms with Gasteiger partial charge < -0.3 is 14.8 Å². The van der Waals surface area contributed by atoms with E-state index in [0.717, 1.165) is 19.6 Å². The van der Waals surface area contributed by atoms with E-state index in [1.807, 2.05) is 12.1 Å². The van der Waals surface area contributed by atoms with E-state index in [0.29, 0.717) is 18.6 Å². The van der Waals surface area contributed by atoms with E-state index in [2.05, 4.69) is 5.32 Å². The van der Waals surface area contributed by atoms with E-state index >= 15 is 0 Å². The molecule has 2 atom stereocenters. The van der Waals surface area contributed by atoms with E-state index in [4.69, 9.17) is 9.47 Å². The maximum Gasteiger partial charge on any atom is 0.123 e. The van der Waals surface area contributed by atoms with Crippen molar-refractivity contribution in [2.45, 2.75) is 30.9 Å². The van der Waals surface area contributed by atoms with Gasteiger partial charge in [0.05, 0.1) is 6.61 Å². The van der Waals surface area contributed by atoms with Gasteiger partial charge in [0.1, 0.15) is 11.4 Å². The largest absolute Gasteiger partial charge is 0.378 e. The molecule has 0 bridgehead atoms.